The van der Waals surface area contributed by atoms with Crippen molar-refractivity contribution in [3.05, 3.63) is 95.6 Å². The number of hydrogen-bond acceptors (Lipinski definition) is 4. The van der Waals surface area contributed by atoms with Crippen molar-refractivity contribution in [2.75, 3.05) is 7.11 Å². The van der Waals surface area contributed by atoms with E-state index in [1.54, 1.807) is 0 Å². The highest BCUT2D eigenvalue weighted by Crippen LogP contribution is 2.50. The fraction of sp³-hybridized carbons (Fsp3) is 0.167. The van der Waals surface area contributed by atoms with Crippen LogP contribution in [0.4, 0.5) is 0 Å². The van der Waals surface area contributed by atoms with Crippen LogP contribution in [0.1, 0.15) is 23.1 Å². The summed E-state index contributed by atoms with van der Waals surface area (Å²) in [4.78, 5) is 23.7. The molecule has 1 aliphatic rings. The average molecular weight is 371 g/mol. The number of hydrogen-bond donors (Lipinski definition) is 1. The lowest BCUT2D eigenvalue weighted by Crippen LogP contribution is -2.50. The first-order valence-corrected chi connectivity index (χ1v) is 9.25. The molecule has 3 aromatic carbocycles. The van der Waals surface area contributed by atoms with Crippen LogP contribution in [0.15, 0.2) is 78.9 Å². The molecular formula is C24H21NO3. The van der Waals surface area contributed by atoms with E-state index in [9.17, 15) is 9.59 Å². The van der Waals surface area contributed by atoms with Gasteiger partial charge in [-0.05, 0) is 27.8 Å². The molecule has 0 heterocycles. The van der Waals surface area contributed by atoms with Gasteiger partial charge in [-0.3, -0.25) is 10.1 Å². The van der Waals surface area contributed by atoms with Gasteiger partial charge in [0.25, 0.3) is 0 Å². The second kappa shape index (κ2) is 7.41. The van der Waals surface area contributed by atoms with Gasteiger partial charge in [-0.1, -0.05) is 78.9 Å². The lowest BCUT2D eigenvalue weighted by Gasteiger charge is -2.36. The Kier molecular flexibility index (Phi) is 4.80. The molecule has 0 aromatic heterocycles. The molecule has 140 valence electrons. The van der Waals surface area contributed by atoms with Crippen molar-refractivity contribution >= 4 is 12.3 Å². The van der Waals surface area contributed by atoms with Crippen molar-refractivity contribution in [1.29, 1.82) is 0 Å². The maximum Gasteiger partial charge on any atom is 0.307 e. The molecule has 1 N–H and O–H groups in total. The van der Waals surface area contributed by atoms with Crippen LogP contribution in [-0.2, 0) is 19.9 Å². The third-order valence-corrected chi connectivity index (χ3v) is 5.34. The largest absolute Gasteiger partial charge is 0.469 e. The molecule has 1 aliphatic carbocycles. The lowest BCUT2D eigenvalue weighted by molar-refractivity contribution is -0.142. The number of fused-ring (bicyclic) bond motifs is 3. The Labute approximate surface area is 164 Å². The zero-order valence-corrected chi connectivity index (χ0v) is 15.6. The van der Waals surface area contributed by atoms with E-state index >= 15 is 0 Å². The van der Waals surface area contributed by atoms with E-state index in [0.717, 1.165) is 34.1 Å². The van der Waals surface area contributed by atoms with E-state index in [0.29, 0.717) is 0 Å². The first kappa shape index (κ1) is 18.1. The Balaban J connectivity index is 1.95. The smallest absolute Gasteiger partial charge is 0.307 e. The van der Waals surface area contributed by atoms with E-state index in [2.05, 4.69) is 29.6 Å². The van der Waals surface area contributed by atoms with Crippen molar-refractivity contribution in [2.45, 2.75) is 18.0 Å². The van der Waals surface area contributed by atoms with Crippen LogP contribution in [0, 0.1) is 0 Å². The quantitative estimate of drug-likeness (QED) is 0.531. The van der Waals surface area contributed by atoms with Gasteiger partial charge in [0.2, 0.25) is 0 Å². The van der Waals surface area contributed by atoms with Crippen LogP contribution in [0.25, 0.3) is 11.1 Å². The molecule has 0 radical (unpaired) electrons. The van der Waals surface area contributed by atoms with Gasteiger partial charge in [-0.2, -0.15) is 0 Å². The Bertz CT molecular complexity index is 968. The maximum atomic E-state index is 11.9. The minimum Gasteiger partial charge on any atom is -0.469 e. The highest BCUT2D eigenvalue weighted by molar-refractivity contribution is 5.84. The van der Waals surface area contributed by atoms with Crippen molar-refractivity contribution in [3.8, 4) is 11.1 Å². The molecular weight excluding hydrogens is 350 g/mol. The van der Waals surface area contributed by atoms with E-state index in [1.165, 1.54) is 7.11 Å². The zero-order valence-electron chi connectivity index (χ0n) is 15.6. The van der Waals surface area contributed by atoms with Crippen molar-refractivity contribution in [3.63, 3.8) is 0 Å². The minimum atomic E-state index is -0.728. The fourth-order valence-electron chi connectivity index (χ4n) is 4.15. The normalized spacial score (nSPS) is 14.6. The van der Waals surface area contributed by atoms with E-state index in [4.69, 9.17) is 4.74 Å². The molecule has 0 amide bonds. The molecule has 0 bridgehead atoms. The predicted molar refractivity (Wildman–Crippen MR) is 108 cm³/mol. The Hall–Kier alpha value is -3.24. The minimum absolute atomic E-state index is 0.0289. The Morgan fingerprint density at radius 1 is 0.929 bits per heavy atom. The Morgan fingerprint density at radius 2 is 1.46 bits per heavy atom. The number of aldehydes is 1. The van der Waals surface area contributed by atoms with Gasteiger partial charge in [0.15, 0.2) is 0 Å². The van der Waals surface area contributed by atoms with Crippen LogP contribution < -0.4 is 5.32 Å². The molecule has 0 saturated carbocycles. The summed E-state index contributed by atoms with van der Waals surface area (Å²) in [6, 6.07) is 25.7. The molecule has 0 aliphatic heterocycles. The molecule has 4 rings (SSSR count). The summed E-state index contributed by atoms with van der Waals surface area (Å²) in [7, 11) is 1.33. The lowest BCUT2D eigenvalue weighted by atomic mass is 9.80. The molecule has 28 heavy (non-hydrogen) atoms. The maximum absolute atomic E-state index is 11.9. The van der Waals surface area contributed by atoms with Crippen molar-refractivity contribution in [1.82, 2.24) is 5.32 Å². The molecule has 1 atom stereocenters. The topological polar surface area (TPSA) is 55.4 Å². The summed E-state index contributed by atoms with van der Waals surface area (Å²) in [5.74, 6) is -0.424. The highest BCUT2D eigenvalue weighted by Gasteiger charge is 2.45. The van der Waals surface area contributed by atoms with Gasteiger partial charge in [0.05, 0.1) is 25.1 Å². The van der Waals surface area contributed by atoms with Crippen LogP contribution in [-0.4, -0.2) is 25.4 Å². The first-order valence-electron chi connectivity index (χ1n) is 9.25. The average Bonchev–Trinajstić information content (AvgIpc) is 3.05. The van der Waals surface area contributed by atoms with E-state index < -0.39 is 17.6 Å². The van der Waals surface area contributed by atoms with Crippen LogP contribution in [0.5, 0.6) is 0 Å². The summed E-state index contributed by atoms with van der Waals surface area (Å²) >= 11 is 0. The third-order valence-electron chi connectivity index (χ3n) is 5.34. The van der Waals surface area contributed by atoms with Crippen molar-refractivity contribution < 1.29 is 14.3 Å². The van der Waals surface area contributed by atoms with Gasteiger partial charge in [-0.15, -0.1) is 0 Å². The molecule has 0 saturated heterocycles. The fourth-order valence-corrected chi connectivity index (χ4v) is 4.15. The third kappa shape index (κ3) is 2.83. The molecule has 0 unspecified atom stereocenters. The second-order valence-corrected chi connectivity index (χ2v) is 6.87. The van der Waals surface area contributed by atoms with Gasteiger partial charge < -0.3 is 9.53 Å². The Morgan fingerprint density at radius 3 is 2.00 bits per heavy atom. The number of esters is 1. The standard InChI is InChI=1S/C24H21NO3/c1-28-23(27)15-18(16-26)25-24(17-9-3-2-4-10-17)21-13-7-5-11-19(21)20-12-6-8-14-22(20)24/h2-14,16,18,25H,15H2,1H3/t18-/m0/s1. The summed E-state index contributed by atoms with van der Waals surface area (Å²) in [5, 5.41) is 3.50. The van der Waals surface area contributed by atoms with Crippen LogP contribution in [0.3, 0.4) is 0 Å². The SMILES string of the molecule is COC(=O)C[C@@H](C=O)NC1(c2ccccc2)c2ccccc2-c2ccccc21. The van der Waals surface area contributed by atoms with Crippen molar-refractivity contribution in [2.24, 2.45) is 0 Å². The number of carbonyl (C=O) groups is 2. The number of ether oxygens (including phenoxy) is 1. The second-order valence-electron chi connectivity index (χ2n) is 6.87. The van der Waals surface area contributed by atoms with Crippen LogP contribution in [0.2, 0.25) is 0 Å². The summed E-state index contributed by atoms with van der Waals surface area (Å²) in [6.45, 7) is 0. The summed E-state index contributed by atoms with van der Waals surface area (Å²) in [5.41, 5.74) is 4.67. The summed E-state index contributed by atoms with van der Waals surface area (Å²) < 4.78 is 4.79. The number of methoxy groups -OCH3 is 1. The summed E-state index contributed by atoms with van der Waals surface area (Å²) in [6.07, 6.45) is 0.754. The van der Waals surface area contributed by atoms with Gasteiger partial charge in [-0.25, -0.2) is 0 Å². The zero-order chi connectivity index (χ0) is 19.6. The monoisotopic (exact) mass is 371 g/mol. The highest BCUT2D eigenvalue weighted by atomic mass is 16.5. The first-order chi connectivity index (χ1) is 13.7. The molecule has 3 aromatic rings. The molecule has 4 heteroatoms. The molecule has 0 spiro atoms. The number of nitrogens with one attached hydrogen (secondary N) is 1. The van der Waals surface area contributed by atoms with Crippen LogP contribution >= 0.6 is 0 Å². The van der Waals surface area contributed by atoms with Gasteiger partial charge in [0.1, 0.15) is 6.29 Å². The molecule has 0 fully saturated rings. The van der Waals surface area contributed by atoms with Gasteiger partial charge >= 0.3 is 5.97 Å². The van der Waals surface area contributed by atoms with Gasteiger partial charge in [0, 0.05) is 0 Å². The number of carbonyl (C=O) groups excluding carboxylic acids is 2. The number of rotatable bonds is 6. The van der Waals surface area contributed by atoms with E-state index in [-0.39, 0.29) is 6.42 Å². The molecule has 4 nitrogen and oxygen atoms in total. The number of benzene rings is 3. The van der Waals surface area contributed by atoms with E-state index in [1.807, 2.05) is 54.6 Å². The predicted octanol–water partition coefficient (Wildman–Crippen LogP) is 3.68.